The Labute approximate surface area is 204 Å². The lowest BCUT2D eigenvalue weighted by Crippen LogP contribution is -2.15. The van der Waals surface area contributed by atoms with E-state index in [1.54, 1.807) is 6.26 Å². The summed E-state index contributed by atoms with van der Waals surface area (Å²) in [4.78, 5) is 12.7. The van der Waals surface area contributed by atoms with Crippen LogP contribution in [-0.4, -0.2) is 26.4 Å². The fourth-order valence-electron chi connectivity index (χ4n) is 3.62. The predicted octanol–water partition coefficient (Wildman–Crippen LogP) is 6.23. The van der Waals surface area contributed by atoms with E-state index in [1.165, 1.54) is 17.3 Å². The molecule has 6 nitrogen and oxygen atoms in total. The zero-order valence-electron chi connectivity index (χ0n) is 20.3. The predicted molar refractivity (Wildman–Crippen MR) is 137 cm³/mol. The number of benzene rings is 2. The monoisotopic (exact) mass is 474 g/mol. The van der Waals surface area contributed by atoms with Gasteiger partial charge in [0.25, 0.3) is 0 Å². The van der Waals surface area contributed by atoms with Gasteiger partial charge in [0.05, 0.1) is 18.6 Å². The summed E-state index contributed by atoms with van der Waals surface area (Å²) in [7, 11) is 0. The Balaban J connectivity index is 1.55. The molecule has 0 unspecified atom stereocenters. The maximum atomic E-state index is 12.7. The van der Waals surface area contributed by atoms with Crippen molar-refractivity contribution >= 4 is 23.4 Å². The lowest BCUT2D eigenvalue weighted by atomic mass is 9.87. The molecule has 0 aliphatic rings. The topological polar surface area (TPSA) is 73.0 Å². The zero-order valence-corrected chi connectivity index (χ0v) is 21.1. The van der Waals surface area contributed by atoms with E-state index < -0.39 is 0 Å². The molecule has 0 fully saturated rings. The lowest BCUT2D eigenvalue weighted by Gasteiger charge is -2.19. The van der Waals surface area contributed by atoms with Crippen molar-refractivity contribution in [2.75, 3.05) is 11.1 Å². The molecular formula is C27H30N4O2S. The third-order valence-corrected chi connectivity index (χ3v) is 6.59. The van der Waals surface area contributed by atoms with Gasteiger partial charge in [0.15, 0.2) is 11.0 Å². The second kappa shape index (κ2) is 9.89. The summed E-state index contributed by atoms with van der Waals surface area (Å²) in [5, 5.41) is 12.6. The van der Waals surface area contributed by atoms with E-state index >= 15 is 0 Å². The van der Waals surface area contributed by atoms with Crippen LogP contribution in [0, 0.1) is 13.8 Å². The summed E-state index contributed by atoms with van der Waals surface area (Å²) < 4.78 is 7.58. The number of rotatable bonds is 7. The maximum Gasteiger partial charge on any atom is 0.234 e. The van der Waals surface area contributed by atoms with Crippen LogP contribution in [0.5, 0.6) is 0 Å². The normalized spacial score (nSPS) is 11.6. The molecule has 0 saturated heterocycles. The number of nitrogens with zero attached hydrogens (tertiary/aromatic N) is 3. The number of anilines is 1. The van der Waals surface area contributed by atoms with Crippen LogP contribution in [-0.2, 0) is 16.8 Å². The Bertz CT molecular complexity index is 1270. The Morgan fingerprint density at radius 3 is 2.50 bits per heavy atom. The third-order valence-electron chi connectivity index (χ3n) is 5.62. The van der Waals surface area contributed by atoms with Crippen molar-refractivity contribution < 1.29 is 9.21 Å². The van der Waals surface area contributed by atoms with Gasteiger partial charge in [0.1, 0.15) is 5.76 Å². The van der Waals surface area contributed by atoms with Crippen LogP contribution in [0.15, 0.2) is 70.4 Å². The summed E-state index contributed by atoms with van der Waals surface area (Å²) in [6.45, 7) is 11.1. The van der Waals surface area contributed by atoms with Crippen LogP contribution in [0.3, 0.4) is 0 Å². The smallest absolute Gasteiger partial charge is 0.234 e. The molecule has 0 spiro atoms. The minimum atomic E-state index is -0.0812. The van der Waals surface area contributed by atoms with Gasteiger partial charge in [-0.1, -0.05) is 68.9 Å². The van der Waals surface area contributed by atoms with Gasteiger partial charge < -0.3 is 9.73 Å². The average Bonchev–Trinajstić information content (AvgIpc) is 3.45. The van der Waals surface area contributed by atoms with Gasteiger partial charge in [-0.3, -0.25) is 9.36 Å². The molecule has 1 N–H and O–H groups in total. The van der Waals surface area contributed by atoms with Gasteiger partial charge in [-0.05, 0) is 54.2 Å². The van der Waals surface area contributed by atoms with Crippen molar-refractivity contribution in [3.05, 3.63) is 83.3 Å². The number of hydrogen-bond acceptors (Lipinski definition) is 5. The van der Waals surface area contributed by atoms with Crippen LogP contribution in [0.4, 0.5) is 5.69 Å². The summed E-state index contributed by atoms with van der Waals surface area (Å²) in [5.41, 5.74) is 5.27. The molecule has 4 rings (SSSR count). The Kier molecular flexibility index (Phi) is 6.93. The fraction of sp³-hybridized carbons (Fsp3) is 0.296. The first-order chi connectivity index (χ1) is 16.2. The Morgan fingerprint density at radius 2 is 1.82 bits per heavy atom. The van der Waals surface area contributed by atoms with Gasteiger partial charge >= 0.3 is 0 Å². The standard InChI is InChI=1S/C27H30N4O2S/c1-18-8-9-19(2)23(15-18)28-24(32)17-34-26-30-29-25(31(26)16-22-7-6-14-33-22)20-10-12-21(13-11-20)27(3,4)5/h6-15H,16-17H2,1-5H3,(H,28,32). The average molecular weight is 475 g/mol. The van der Waals surface area contributed by atoms with Crippen LogP contribution in [0.1, 0.15) is 43.2 Å². The van der Waals surface area contributed by atoms with Gasteiger partial charge in [0, 0.05) is 11.3 Å². The molecule has 34 heavy (non-hydrogen) atoms. The number of carbonyl (C=O) groups is 1. The van der Waals surface area contributed by atoms with Gasteiger partial charge in [-0.2, -0.15) is 0 Å². The number of hydrogen-bond donors (Lipinski definition) is 1. The van der Waals surface area contributed by atoms with E-state index in [-0.39, 0.29) is 17.1 Å². The van der Waals surface area contributed by atoms with Gasteiger partial charge in [-0.25, -0.2) is 0 Å². The molecule has 0 saturated carbocycles. The number of carbonyl (C=O) groups excluding carboxylic acids is 1. The maximum absolute atomic E-state index is 12.7. The zero-order chi connectivity index (χ0) is 24.3. The SMILES string of the molecule is Cc1ccc(C)c(NC(=O)CSc2nnc(-c3ccc(C(C)(C)C)cc3)n2Cc2ccco2)c1. The molecule has 0 atom stereocenters. The highest BCUT2D eigenvalue weighted by Gasteiger charge is 2.19. The van der Waals surface area contributed by atoms with E-state index in [0.29, 0.717) is 11.7 Å². The second-order valence-corrected chi connectivity index (χ2v) is 10.4. The lowest BCUT2D eigenvalue weighted by molar-refractivity contribution is -0.113. The number of thioether (sulfide) groups is 1. The molecule has 7 heteroatoms. The highest BCUT2D eigenvalue weighted by Crippen LogP contribution is 2.28. The van der Waals surface area contributed by atoms with E-state index in [1.807, 2.05) is 48.7 Å². The summed E-state index contributed by atoms with van der Waals surface area (Å²) in [6.07, 6.45) is 1.65. The number of aromatic nitrogens is 3. The van der Waals surface area contributed by atoms with Crippen LogP contribution >= 0.6 is 11.8 Å². The van der Waals surface area contributed by atoms with E-state index in [0.717, 1.165) is 34.0 Å². The second-order valence-electron chi connectivity index (χ2n) is 9.45. The van der Waals surface area contributed by atoms with Gasteiger partial charge in [0.2, 0.25) is 5.91 Å². The number of nitrogens with one attached hydrogen (secondary N) is 1. The number of furan rings is 1. The van der Waals surface area contributed by atoms with Crippen molar-refractivity contribution in [2.45, 2.75) is 51.7 Å². The molecule has 0 bridgehead atoms. The molecule has 0 aliphatic carbocycles. The van der Waals surface area contributed by atoms with Crippen molar-refractivity contribution in [3.8, 4) is 11.4 Å². The largest absolute Gasteiger partial charge is 0.467 e. The van der Waals surface area contributed by atoms with E-state index in [4.69, 9.17) is 4.42 Å². The number of aryl methyl sites for hydroxylation is 2. The van der Waals surface area contributed by atoms with Crippen molar-refractivity contribution in [2.24, 2.45) is 0 Å². The molecule has 2 aromatic heterocycles. The Morgan fingerprint density at radius 1 is 1.06 bits per heavy atom. The quantitative estimate of drug-likeness (QED) is 0.321. The number of amides is 1. The molecular weight excluding hydrogens is 444 g/mol. The first-order valence-corrected chi connectivity index (χ1v) is 12.3. The highest BCUT2D eigenvalue weighted by molar-refractivity contribution is 7.99. The first kappa shape index (κ1) is 23.8. The highest BCUT2D eigenvalue weighted by atomic mass is 32.2. The molecule has 2 aromatic carbocycles. The molecule has 0 radical (unpaired) electrons. The molecule has 176 valence electrons. The Hall–Kier alpha value is -3.32. The third kappa shape index (κ3) is 5.59. The molecule has 4 aromatic rings. The summed E-state index contributed by atoms with van der Waals surface area (Å²) in [6, 6.07) is 18.2. The minimum Gasteiger partial charge on any atom is -0.467 e. The molecule has 2 heterocycles. The fourth-order valence-corrected chi connectivity index (χ4v) is 4.35. The molecule has 1 amide bonds. The van der Waals surface area contributed by atoms with Crippen molar-refractivity contribution in [1.82, 2.24) is 14.8 Å². The summed E-state index contributed by atoms with van der Waals surface area (Å²) >= 11 is 1.36. The van der Waals surface area contributed by atoms with Crippen molar-refractivity contribution in [3.63, 3.8) is 0 Å². The van der Waals surface area contributed by atoms with Crippen LogP contribution in [0.2, 0.25) is 0 Å². The van der Waals surface area contributed by atoms with Crippen LogP contribution in [0.25, 0.3) is 11.4 Å². The van der Waals surface area contributed by atoms with Gasteiger partial charge in [-0.15, -0.1) is 10.2 Å². The minimum absolute atomic E-state index is 0.0738. The first-order valence-electron chi connectivity index (χ1n) is 11.3. The van der Waals surface area contributed by atoms with E-state index in [2.05, 4.69) is 60.6 Å². The van der Waals surface area contributed by atoms with E-state index in [9.17, 15) is 4.79 Å². The van der Waals surface area contributed by atoms with Crippen molar-refractivity contribution in [1.29, 1.82) is 0 Å². The summed E-state index contributed by atoms with van der Waals surface area (Å²) in [5.74, 6) is 1.69. The van der Waals surface area contributed by atoms with Crippen LogP contribution < -0.4 is 5.32 Å². The molecule has 0 aliphatic heterocycles.